The van der Waals surface area contributed by atoms with E-state index in [0.29, 0.717) is 47.1 Å². The van der Waals surface area contributed by atoms with Gasteiger partial charge in [0, 0.05) is 19.1 Å². The largest absolute Gasteiger partial charge is 0.378 e. The summed E-state index contributed by atoms with van der Waals surface area (Å²) < 4.78 is 12.5. The molecule has 0 spiro atoms. The Hall–Kier alpha value is -0.670. The van der Waals surface area contributed by atoms with Crippen LogP contribution in [0.4, 0.5) is 0 Å². The molecule has 0 aromatic carbocycles. The van der Waals surface area contributed by atoms with Gasteiger partial charge in [-0.05, 0) is 124 Å². The topological polar surface area (TPSA) is 35.5 Å². The molecule has 0 bridgehead atoms. The highest BCUT2D eigenvalue weighted by atomic mass is 16.5. The highest BCUT2D eigenvalue weighted by Gasteiger charge is 2.62. The van der Waals surface area contributed by atoms with Crippen molar-refractivity contribution in [3.8, 4) is 0 Å². The minimum absolute atomic E-state index is 0.241. The Kier molecular flexibility index (Phi) is 5.61. The van der Waals surface area contributed by atoms with E-state index >= 15 is 0 Å². The Morgan fingerprint density at radius 3 is 2.22 bits per heavy atom. The fourth-order valence-electron chi connectivity index (χ4n) is 9.62. The molecule has 6 aliphatic rings. The normalized spacial score (nSPS) is 51.4. The van der Waals surface area contributed by atoms with E-state index in [1.165, 1.54) is 82.6 Å². The van der Waals surface area contributed by atoms with Crippen LogP contribution in [-0.2, 0) is 14.3 Å². The fourth-order valence-corrected chi connectivity index (χ4v) is 9.62. The second-order valence-corrected chi connectivity index (χ2v) is 12.8. The fraction of sp³-hybridized carbons (Fsp3) is 0.897. The van der Waals surface area contributed by atoms with Crippen LogP contribution in [0.3, 0.4) is 0 Å². The predicted molar refractivity (Wildman–Crippen MR) is 126 cm³/mol. The number of carbonyl (C=O) groups excluding carboxylic acids is 1. The summed E-state index contributed by atoms with van der Waals surface area (Å²) in [7, 11) is 0. The molecule has 32 heavy (non-hydrogen) atoms. The minimum atomic E-state index is 0.241. The van der Waals surface area contributed by atoms with Crippen LogP contribution in [0.15, 0.2) is 11.6 Å². The number of fused-ring (bicyclic) bond motifs is 5. The number of ketones is 1. The van der Waals surface area contributed by atoms with Crippen LogP contribution in [0.5, 0.6) is 0 Å². The standard InChI is InChI=1S/C29H44O3/c1-28-13-11-19(25-7-3-5-15-31-25)17-20(28)18-24(30)27-22-10-9-21(26-8-4-6-16-32-26)29(22,2)14-12-23(27)28/h18-19,21-23,25-27H,3-17H2,1-2H3/t19-,21+,22?,23?,25?,26?,27?,28-,29+/m0/s1. The number of rotatable bonds is 2. The van der Waals surface area contributed by atoms with Crippen molar-refractivity contribution in [3.63, 3.8) is 0 Å². The highest BCUT2D eigenvalue weighted by Crippen LogP contribution is 2.66. The van der Waals surface area contributed by atoms with Crippen LogP contribution in [0.25, 0.3) is 0 Å². The van der Waals surface area contributed by atoms with Crippen LogP contribution in [-0.4, -0.2) is 31.2 Å². The first-order chi connectivity index (χ1) is 15.5. The zero-order chi connectivity index (χ0) is 21.9. The lowest BCUT2D eigenvalue weighted by molar-refractivity contribution is -0.139. The molecule has 2 aliphatic heterocycles. The average Bonchev–Trinajstić information content (AvgIpc) is 3.17. The van der Waals surface area contributed by atoms with Gasteiger partial charge in [-0.15, -0.1) is 0 Å². The summed E-state index contributed by atoms with van der Waals surface area (Å²) in [5.41, 5.74) is 2.03. The molecule has 9 atom stereocenters. The maximum Gasteiger partial charge on any atom is 0.159 e. The minimum Gasteiger partial charge on any atom is -0.378 e. The molecule has 0 aromatic rings. The van der Waals surface area contributed by atoms with Crippen molar-refractivity contribution < 1.29 is 14.3 Å². The van der Waals surface area contributed by atoms with Crippen molar-refractivity contribution >= 4 is 5.78 Å². The third kappa shape index (κ3) is 3.31. The first-order valence-corrected chi connectivity index (χ1v) is 14.0. The van der Waals surface area contributed by atoms with Crippen LogP contribution >= 0.6 is 0 Å². The first kappa shape index (κ1) is 21.8. The summed E-state index contributed by atoms with van der Waals surface area (Å²) >= 11 is 0. The highest BCUT2D eigenvalue weighted by molar-refractivity contribution is 5.94. The Balaban J connectivity index is 1.25. The molecule has 3 heteroatoms. The SMILES string of the molecule is C[C@]12CC[C@H](C3CCCCO3)CC1=CC(=O)C1C2CC[C@@]2(C)C1CC[C@@H]2C1CCCCO1. The third-order valence-corrected chi connectivity index (χ3v) is 11.5. The van der Waals surface area contributed by atoms with E-state index in [1.54, 1.807) is 0 Å². The van der Waals surface area contributed by atoms with Gasteiger partial charge in [-0.25, -0.2) is 0 Å². The van der Waals surface area contributed by atoms with E-state index in [2.05, 4.69) is 19.9 Å². The van der Waals surface area contributed by atoms with E-state index in [4.69, 9.17) is 9.47 Å². The van der Waals surface area contributed by atoms with Crippen LogP contribution < -0.4 is 0 Å². The number of carbonyl (C=O) groups is 1. The van der Waals surface area contributed by atoms with E-state index in [-0.39, 0.29) is 11.3 Å². The number of hydrogen-bond acceptors (Lipinski definition) is 3. The average molecular weight is 441 g/mol. The van der Waals surface area contributed by atoms with Crippen molar-refractivity contribution in [1.29, 1.82) is 0 Å². The van der Waals surface area contributed by atoms with Crippen molar-refractivity contribution in [3.05, 3.63) is 11.6 Å². The summed E-state index contributed by atoms with van der Waals surface area (Å²) in [6.07, 6.45) is 19.3. The summed E-state index contributed by atoms with van der Waals surface area (Å²) in [4.78, 5) is 13.7. The molecule has 5 unspecified atom stereocenters. The van der Waals surface area contributed by atoms with Crippen molar-refractivity contribution in [2.75, 3.05) is 13.2 Å². The zero-order valence-corrected chi connectivity index (χ0v) is 20.5. The van der Waals surface area contributed by atoms with E-state index in [9.17, 15) is 4.79 Å². The monoisotopic (exact) mass is 440 g/mol. The summed E-state index contributed by atoms with van der Waals surface area (Å²) in [6, 6.07) is 0. The Labute approximate surface area is 195 Å². The van der Waals surface area contributed by atoms with E-state index in [1.807, 2.05) is 0 Å². The molecule has 178 valence electrons. The van der Waals surface area contributed by atoms with Gasteiger partial charge in [0.1, 0.15) is 0 Å². The molecule has 5 fully saturated rings. The predicted octanol–water partition coefficient (Wildman–Crippen LogP) is 6.50. The van der Waals surface area contributed by atoms with Gasteiger partial charge in [-0.2, -0.15) is 0 Å². The van der Waals surface area contributed by atoms with Crippen molar-refractivity contribution in [1.82, 2.24) is 0 Å². The van der Waals surface area contributed by atoms with Gasteiger partial charge in [0.05, 0.1) is 12.2 Å². The summed E-state index contributed by atoms with van der Waals surface area (Å²) in [5, 5.41) is 0. The van der Waals surface area contributed by atoms with Crippen LogP contribution in [0, 0.1) is 40.4 Å². The third-order valence-electron chi connectivity index (χ3n) is 11.5. The van der Waals surface area contributed by atoms with E-state index in [0.717, 1.165) is 19.6 Å². The zero-order valence-electron chi connectivity index (χ0n) is 20.5. The molecule has 2 heterocycles. The van der Waals surface area contributed by atoms with Gasteiger partial charge < -0.3 is 9.47 Å². The van der Waals surface area contributed by atoms with Gasteiger partial charge in [-0.1, -0.05) is 19.4 Å². The van der Waals surface area contributed by atoms with Gasteiger partial charge in [-0.3, -0.25) is 4.79 Å². The molecular weight excluding hydrogens is 396 g/mol. The maximum atomic E-state index is 13.7. The molecule has 0 amide bonds. The maximum absolute atomic E-state index is 13.7. The lowest BCUT2D eigenvalue weighted by atomic mass is 9.46. The van der Waals surface area contributed by atoms with Gasteiger partial charge in [0.15, 0.2) is 5.78 Å². The lowest BCUT2D eigenvalue weighted by Crippen LogP contribution is -2.54. The quantitative estimate of drug-likeness (QED) is 0.492. The smallest absolute Gasteiger partial charge is 0.159 e. The number of ether oxygens (including phenoxy) is 2. The molecule has 3 nitrogen and oxygen atoms in total. The van der Waals surface area contributed by atoms with Crippen LogP contribution in [0.2, 0.25) is 0 Å². The second kappa shape index (κ2) is 8.22. The molecule has 4 aliphatic carbocycles. The molecule has 2 saturated heterocycles. The molecule has 0 aromatic heterocycles. The molecular formula is C29H44O3. The van der Waals surface area contributed by atoms with E-state index < -0.39 is 0 Å². The second-order valence-electron chi connectivity index (χ2n) is 12.8. The number of hydrogen-bond donors (Lipinski definition) is 0. The van der Waals surface area contributed by atoms with Gasteiger partial charge in [0.25, 0.3) is 0 Å². The van der Waals surface area contributed by atoms with Crippen molar-refractivity contribution in [2.45, 2.75) is 110 Å². The van der Waals surface area contributed by atoms with Crippen molar-refractivity contribution in [2.24, 2.45) is 40.4 Å². The molecule has 0 radical (unpaired) electrons. The lowest BCUT2D eigenvalue weighted by Gasteiger charge is -2.58. The Bertz CT molecular complexity index is 760. The molecule has 3 saturated carbocycles. The van der Waals surface area contributed by atoms with Crippen LogP contribution in [0.1, 0.15) is 97.3 Å². The van der Waals surface area contributed by atoms with Gasteiger partial charge in [0.2, 0.25) is 0 Å². The summed E-state index contributed by atoms with van der Waals surface area (Å²) in [6.45, 7) is 6.95. The summed E-state index contributed by atoms with van der Waals surface area (Å²) in [5.74, 6) is 3.17. The molecule has 0 N–H and O–H groups in total. The Morgan fingerprint density at radius 2 is 1.50 bits per heavy atom. The van der Waals surface area contributed by atoms with Gasteiger partial charge >= 0.3 is 0 Å². The Morgan fingerprint density at radius 1 is 0.781 bits per heavy atom. The molecule has 6 rings (SSSR count). The number of allylic oxidation sites excluding steroid dienone is 2. The first-order valence-electron chi connectivity index (χ1n) is 14.0.